The molecule has 1 atom stereocenters. The van der Waals surface area contributed by atoms with Crippen molar-refractivity contribution in [3.8, 4) is 0 Å². The van der Waals surface area contributed by atoms with Crippen molar-refractivity contribution in [3.63, 3.8) is 0 Å². The van der Waals surface area contributed by atoms with Gasteiger partial charge >= 0.3 is 0 Å². The number of ether oxygens (including phenoxy) is 1. The predicted molar refractivity (Wildman–Crippen MR) is 88.4 cm³/mol. The first-order valence-corrected chi connectivity index (χ1v) is 8.38. The summed E-state index contributed by atoms with van der Waals surface area (Å²) in [6, 6.07) is 0. The molecule has 0 spiro atoms. The first kappa shape index (κ1) is 16.2. The van der Waals surface area contributed by atoms with Crippen LogP contribution in [0.3, 0.4) is 0 Å². The minimum Gasteiger partial charge on any atom is -0.376 e. The third kappa shape index (κ3) is 3.93. The second-order valence-electron chi connectivity index (χ2n) is 5.06. The van der Waals surface area contributed by atoms with Gasteiger partial charge in [-0.3, -0.25) is 15.2 Å². The van der Waals surface area contributed by atoms with Gasteiger partial charge in [-0.15, -0.1) is 11.3 Å². The van der Waals surface area contributed by atoms with E-state index in [1.54, 1.807) is 11.3 Å². The Balaban J connectivity index is 2.05. The maximum Gasteiger partial charge on any atom is 0.270 e. The molecule has 1 aliphatic heterocycles. The van der Waals surface area contributed by atoms with Crippen LogP contribution in [0.1, 0.15) is 40.6 Å². The van der Waals surface area contributed by atoms with Crippen LogP contribution in [0.4, 0.5) is 0 Å². The highest BCUT2D eigenvalue weighted by Gasteiger charge is 2.23. The Hall–Kier alpha value is -1.18. The molecule has 3 N–H and O–H groups in total. The second kappa shape index (κ2) is 7.20. The fourth-order valence-corrected chi connectivity index (χ4v) is 3.54. The number of hydrogen-bond donors (Lipinski definition) is 2. The van der Waals surface area contributed by atoms with Crippen LogP contribution in [0, 0.1) is 6.92 Å². The van der Waals surface area contributed by atoms with E-state index < -0.39 is 0 Å². The predicted octanol–water partition coefficient (Wildman–Crippen LogP) is 1.99. The van der Waals surface area contributed by atoms with E-state index in [-0.39, 0.29) is 17.1 Å². The topological polar surface area (TPSA) is 67.6 Å². The fraction of sp³-hybridized carbons (Fsp3) is 0.571. The molecule has 1 saturated heterocycles. The zero-order chi connectivity index (χ0) is 15.4. The first-order chi connectivity index (χ1) is 10.0. The van der Waals surface area contributed by atoms with Gasteiger partial charge in [0.2, 0.25) is 0 Å². The minimum absolute atomic E-state index is 0.0710. The summed E-state index contributed by atoms with van der Waals surface area (Å²) in [6.07, 6.45) is 2.90. The van der Waals surface area contributed by atoms with Crippen molar-refractivity contribution >= 4 is 34.6 Å². The third-order valence-electron chi connectivity index (χ3n) is 3.61. The molecule has 1 amide bonds. The second-order valence-corrected chi connectivity index (χ2v) is 6.56. The number of nitrogens with one attached hydrogen (secondary N) is 1. The van der Waals surface area contributed by atoms with Gasteiger partial charge in [-0.2, -0.15) is 0 Å². The summed E-state index contributed by atoms with van der Waals surface area (Å²) in [5, 5.41) is 3.55. The van der Waals surface area contributed by atoms with Gasteiger partial charge in [0, 0.05) is 16.9 Å². The van der Waals surface area contributed by atoms with Gasteiger partial charge in [0.25, 0.3) is 5.91 Å². The molecule has 1 fully saturated rings. The lowest BCUT2D eigenvalue weighted by atomic mass is 10.1. The van der Waals surface area contributed by atoms with E-state index in [0.29, 0.717) is 12.1 Å². The number of rotatable bonds is 4. The lowest BCUT2D eigenvalue weighted by Gasteiger charge is -2.26. The highest BCUT2D eigenvalue weighted by Crippen LogP contribution is 2.22. The number of nitrogens with zero attached hydrogens (tertiary/aromatic N) is 1. The molecule has 2 rings (SSSR count). The molecule has 2 heterocycles. The molecule has 7 heteroatoms. The molecule has 116 valence electrons. The van der Waals surface area contributed by atoms with Crippen molar-refractivity contribution in [1.29, 1.82) is 0 Å². The number of carbonyl (C=O) groups excluding carboxylic acids is 1. The lowest BCUT2D eigenvalue weighted by molar-refractivity contribution is 0.0682. The monoisotopic (exact) mass is 327 g/mol. The number of thiophene rings is 1. The van der Waals surface area contributed by atoms with Gasteiger partial charge in [0.15, 0.2) is 5.11 Å². The highest BCUT2D eigenvalue weighted by atomic mass is 32.1. The Morgan fingerprint density at radius 3 is 3.00 bits per heavy atom. The largest absolute Gasteiger partial charge is 0.376 e. The van der Waals surface area contributed by atoms with E-state index in [1.165, 1.54) is 9.89 Å². The molecule has 0 bridgehead atoms. The molecule has 5 nitrogen and oxygen atoms in total. The number of carbonyl (C=O) groups is 1. The number of aryl methyl sites for hydroxylation is 1. The van der Waals surface area contributed by atoms with Gasteiger partial charge in [-0.1, -0.05) is 6.92 Å². The van der Waals surface area contributed by atoms with Crippen LogP contribution in [0.25, 0.3) is 0 Å². The van der Waals surface area contributed by atoms with Crippen molar-refractivity contribution in [3.05, 3.63) is 21.4 Å². The minimum atomic E-state index is -0.165. The van der Waals surface area contributed by atoms with Crippen LogP contribution in [0.15, 0.2) is 5.38 Å². The molecule has 1 aliphatic rings. The first-order valence-electron chi connectivity index (χ1n) is 7.09. The number of amides is 1. The normalized spacial score (nSPS) is 17.7. The average molecular weight is 327 g/mol. The van der Waals surface area contributed by atoms with Crippen molar-refractivity contribution in [2.45, 2.75) is 39.2 Å². The van der Waals surface area contributed by atoms with E-state index >= 15 is 0 Å². The van der Waals surface area contributed by atoms with Crippen LogP contribution in [0.2, 0.25) is 0 Å². The number of hydrogen-bond acceptors (Lipinski definition) is 4. The number of hydrazine groups is 1. The maximum absolute atomic E-state index is 12.4. The van der Waals surface area contributed by atoms with E-state index in [2.05, 4.69) is 5.43 Å². The van der Waals surface area contributed by atoms with E-state index in [9.17, 15) is 4.79 Å². The summed E-state index contributed by atoms with van der Waals surface area (Å²) in [6.45, 7) is 5.32. The van der Waals surface area contributed by atoms with E-state index in [4.69, 9.17) is 22.7 Å². The van der Waals surface area contributed by atoms with Gasteiger partial charge in [0.1, 0.15) is 0 Å². The average Bonchev–Trinajstić information content (AvgIpc) is 3.06. The third-order valence-corrected chi connectivity index (χ3v) is 4.79. The Morgan fingerprint density at radius 1 is 1.67 bits per heavy atom. The molecule has 1 unspecified atom stereocenters. The number of nitrogens with two attached hydrogens (primary N) is 1. The van der Waals surface area contributed by atoms with Crippen molar-refractivity contribution in [2.24, 2.45) is 5.73 Å². The molecule has 1 aromatic rings. The highest BCUT2D eigenvalue weighted by molar-refractivity contribution is 7.80. The van der Waals surface area contributed by atoms with Crippen LogP contribution in [-0.4, -0.2) is 35.3 Å². The Labute approximate surface area is 134 Å². The van der Waals surface area contributed by atoms with Gasteiger partial charge in [-0.05, 0) is 44.0 Å². The zero-order valence-corrected chi connectivity index (χ0v) is 14.0. The number of thiocarbonyl (C=S) groups is 1. The fourth-order valence-electron chi connectivity index (χ4n) is 2.47. The summed E-state index contributed by atoms with van der Waals surface area (Å²) in [5.41, 5.74) is 10.3. The Kier molecular flexibility index (Phi) is 5.55. The summed E-state index contributed by atoms with van der Waals surface area (Å²) < 4.78 is 5.56. The lowest BCUT2D eigenvalue weighted by Crippen LogP contribution is -2.51. The van der Waals surface area contributed by atoms with Crippen molar-refractivity contribution < 1.29 is 9.53 Å². The standard InChI is InChI=1S/C14H21N3O2S2/c1-3-11-9(2)21-8-12(11)13(18)16-17(14(15)20)7-10-5-4-6-19-10/h8,10H,3-7H2,1-2H3,(H2,15,20)(H,16,18). The Bertz CT molecular complexity index is 524. The van der Waals surface area contributed by atoms with Crippen molar-refractivity contribution in [1.82, 2.24) is 10.4 Å². The molecule has 1 aromatic heterocycles. The Morgan fingerprint density at radius 2 is 2.43 bits per heavy atom. The molecular weight excluding hydrogens is 306 g/mol. The van der Waals surface area contributed by atoms with Crippen LogP contribution >= 0.6 is 23.6 Å². The molecule has 0 saturated carbocycles. The molecule has 0 radical (unpaired) electrons. The van der Waals surface area contributed by atoms with Crippen LogP contribution < -0.4 is 11.2 Å². The smallest absolute Gasteiger partial charge is 0.270 e. The summed E-state index contributed by atoms with van der Waals surface area (Å²) in [7, 11) is 0. The van der Waals surface area contributed by atoms with E-state index in [1.807, 2.05) is 19.2 Å². The summed E-state index contributed by atoms with van der Waals surface area (Å²) in [5.74, 6) is -0.165. The van der Waals surface area contributed by atoms with Crippen LogP contribution in [-0.2, 0) is 11.2 Å². The molecular formula is C14H21N3O2S2. The molecule has 0 aliphatic carbocycles. The SMILES string of the molecule is CCc1c(C(=O)NN(CC2CCCO2)C(N)=S)csc1C. The summed E-state index contributed by atoms with van der Waals surface area (Å²) >= 11 is 6.61. The molecule has 0 aromatic carbocycles. The maximum atomic E-state index is 12.4. The van der Waals surface area contributed by atoms with Gasteiger partial charge < -0.3 is 10.5 Å². The summed E-state index contributed by atoms with van der Waals surface area (Å²) in [4.78, 5) is 13.6. The zero-order valence-electron chi connectivity index (χ0n) is 12.3. The van der Waals surface area contributed by atoms with Gasteiger partial charge in [0.05, 0.1) is 18.2 Å². The molecule has 21 heavy (non-hydrogen) atoms. The quantitative estimate of drug-likeness (QED) is 0.654. The van der Waals surface area contributed by atoms with Crippen molar-refractivity contribution in [2.75, 3.05) is 13.2 Å². The van der Waals surface area contributed by atoms with Gasteiger partial charge in [-0.25, -0.2) is 0 Å². The van der Waals surface area contributed by atoms with E-state index in [0.717, 1.165) is 31.4 Å². The van der Waals surface area contributed by atoms with Crippen LogP contribution in [0.5, 0.6) is 0 Å².